The van der Waals surface area contributed by atoms with Crippen molar-refractivity contribution >= 4 is 39.8 Å². The van der Waals surface area contributed by atoms with Gasteiger partial charge in [0, 0.05) is 18.0 Å². The maximum Gasteiger partial charge on any atom is 0.283 e. The van der Waals surface area contributed by atoms with Gasteiger partial charge in [-0.3, -0.25) is 15.2 Å². The van der Waals surface area contributed by atoms with Gasteiger partial charge in [-0.05, 0) is 59.8 Å². The number of rotatable bonds is 8. The van der Waals surface area contributed by atoms with Crippen molar-refractivity contribution in [3.63, 3.8) is 0 Å². The highest BCUT2D eigenvalue weighted by Crippen LogP contribution is 2.32. The summed E-state index contributed by atoms with van der Waals surface area (Å²) in [6, 6.07) is 18.4. The molecule has 0 radical (unpaired) electrons. The number of thioether (sulfide) groups is 1. The third-order valence-electron chi connectivity index (χ3n) is 5.23. The molecule has 0 fully saturated rings. The Bertz CT molecular complexity index is 1390. The molecule has 1 N–H and O–H groups in total. The van der Waals surface area contributed by atoms with Crippen LogP contribution in [0.1, 0.15) is 11.1 Å². The third-order valence-corrected chi connectivity index (χ3v) is 6.19. The van der Waals surface area contributed by atoms with Crippen LogP contribution >= 0.6 is 11.8 Å². The fourth-order valence-electron chi connectivity index (χ4n) is 3.49. The molecular weight excluding hydrogens is 478 g/mol. The van der Waals surface area contributed by atoms with E-state index in [1.54, 1.807) is 43.8 Å². The summed E-state index contributed by atoms with van der Waals surface area (Å²) in [4.78, 5) is 20.9. The maximum atomic E-state index is 12.7. The molecule has 2 aliphatic rings. The van der Waals surface area contributed by atoms with Crippen LogP contribution in [0.15, 0.2) is 88.7 Å². The number of hydrogen-bond donors (Lipinski definition) is 1. The Morgan fingerprint density at radius 3 is 2.56 bits per heavy atom. The molecule has 1 amide bonds. The van der Waals surface area contributed by atoms with Gasteiger partial charge in [-0.25, -0.2) is 0 Å². The van der Waals surface area contributed by atoms with E-state index >= 15 is 0 Å². The van der Waals surface area contributed by atoms with E-state index in [9.17, 15) is 4.79 Å². The summed E-state index contributed by atoms with van der Waals surface area (Å²) in [5, 5.41) is 15.4. The number of hydrazone groups is 1. The first-order valence-corrected chi connectivity index (χ1v) is 11.8. The number of para-hydroxylation sites is 1. The molecule has 2 aromatic carbocycles. The van der Waals surface area contributed by atoms with Gasteiger partial charge in [0.2, 0.25) is 5.17 Å². The highest BCUT2D eigenvalue weighted by molar-refractivity contribution is 8.27. The zero-order chi connectivity index (χ0) is 24.9. The Kier molecular flexibility index (Phi) is 6.76. The van der Waals surface area contributed by atoms with E-state index in [4.69, 9.17) is 19.6 Å². The molecule has 3 heterocycles. The molecule has 10 heteroatoms. The van der Waals surface area contributed by atoms with Crippen molar-refractivity contribution in [1.82, 2.24) is 9.99 Å². The van der Waals surface area contributed by atoms with Crippen molar-refractivity contribution < 1.29 is 19.0 Å². The van der Waals surface area contributed by atoms with Crippen LogP contribution in [0.2, 0.25) is 0 Å². The molecule has 0 saturated carbocycles. The monoisotopic (exact) mass is 499 g/mol. The summed E-state index contributed by atoms with van der Waals surface area (Å²) in [6.07, 6.45) is 4.92. The van der Waals surface area contributed by atoms with Gasteiger partial charge in [0.25, 0.3) is 5.91 Å². The number of carbonyl (C=O) groups is 1. The van der Waals surface area contributed by atoms with Gasteiger partial charge in [-0.15, -0.1) is 0 Å². The predicted octanol–water partition coefficient (Wildman–Crippen LogP) is 4.22. The van der Waals surface area contributed by atoms with Gasteiger partial charge >= 0.3 is 0 Å². The van der Waals surface area contributed by atoms with Crippen molar-refractivity contribution in [3.05, 3.63) is 89.8 Å². The fraction of sp³-hybridized carbons (Fsp3) is 0.115. The van der Waals surface area contributed by atoms with Crippen molar-refractivity contribution in [2.45, 2.75) is 0 Å². The number of methoxy groups -OCH3 is 1. The van der Waals surface area contributed by atoms with Gasteiger partial charge in [0.05, 0.1) is 12.7 Å². The number of carbonyl (C=O) groups excluding carboxylic acids is 1. The number of nitrogens with zero attached hydrogens (tertiary/aromatic N) is 4. The Hall–Kier alpha value is -4.44. The van der Waals surface area contributed by atoms with E-state index in [-0.39, 0.29) is 11.4 Å². The summed E-state index contributed by atoms with van der Waals surface area (Å²) in [7, 11) is 1.54. The summed E-state index contributed by atoms with van der Waals surface area (Å²) in [5.74, 6) is 1.28. The minimum absolute atomic E-state index is 0.0427. The molecule has 5 rings (SSSR count). The number of benzene rings is 2. The molecule has 0 spiro atoms. The number of aromatic nitrogens is 1. The minimum atomic E-state index is -0.498. The lowest BCUT2D eigenvalue weighted by Crippen LogP contribution is -2.35. The number of nitrogens with one attached hydrogen (secondary N) is 1. The van der Waals surface area contributed by atoms with E-state index in [0.717, 1.165) is 11.3 Å². The molecule has 0 aliphatic carbocycles. The van der Waals surface area contributed by atoms with Crippen molar-refractivity contribution in [2.24, 2.45) is 10.1 Å². The summed E-state index contributed by atoms with van der Waals surface area (Å²) < 4.78 is 16.9. The van der Waals surface area contributed by atoms with Gasteiger partial charge in [0.15, 0.2) is 17.3 Å². The number of amides is 1. The zero-order valence-corrected chi connectivity index (χ0v) is 20.1. The van der Waals surface area contributed by atoms with Crippen LogP contribution in [-0.4, -0.2) is 52.3 Å². The molecule has 1 aromatic heterocycles. The van der Waals surface area contributed by atoms with E-state index < -0.39 is 5.91 Å². The van der Waals surface area contributed by atoms with E-state index in [0.29, 0.717) is 40.5 Å². The van der Waals surface area contributed by atoms with Crippen LogP contribution in [0, 0.1) is 5.41 Å². The fourth-order valence-corrected chi connectivity index (χ4v) is 4.39. The van der Waals surface area contributed by atoms with Gasteiger partial charge in [-0.2, -0.15) is 15.1 Å². The largest absolute Gasteiger partial charge is 0.493 e. The second-order valence-electron chi connectivity index (χ2n) is 7.58. The van der Waals surface area contributed by atoms with Crippen LogP contribution in [-0.2, 0) is 4.79 Å². The first kappa shape index (κ1) is 23.3. The average molecular weight is 500 g/mol. The standard InChI is InChI=1S/C26H21N5O4S/c1-33-22-16-17(7-8-21(22)35-14-13-34-19-5-3-2-4-6-19)15-20-23(27)31-26(29-24(20)32)36-25(30-31)18-9-11-28-12-10-18/h2-12,15-16,27H,13-14H2,1H3/b20-15+,27-23?. The van der Waals surface area contributed by atoms with E-state index in [1.165, 1.54) is 16.8 Å². The quantitative estimate of drug-likeness (QED) is 0.365. The van der Waals surface area contributed by atoms with Crippen molar-refractivity contribution in [2.75, 3.05) is 20.3 Å². The predicted molar refractivity (Wildman–Crippen MR) is 139 cm³/mol. The lowest BCUT2D eigenvalue weighted by Gasteiger charge is -2.20. The lowest BCUT2D eigenvalue weighted by atomic mass is 10.1. The molecule has 3 aromatic rings. The summed E-state index contributed by atoms with van der Waals surface area (Å²) >= 11 is 1.24. The highest BCUT2D eigenvalue weighted by Gasteiger charge is 2.36. The molecule has 9 nitrogen and oxygen atoms in total. The molecule has 0 unspecified atom stereocenters. The Morgan fingerprint density at radius 2 is 1.78 bits per heavy atom. The molecule has 180 valence electrons. The first-order chi connectivity index (χ1) is 17.6. The first-order valence-electron chi connectivity index (χ1n) is 11.0. The smallest absolute Gasteiger partial charge is 0.283 e. The SMILES string of the molecule is COc1cc(/C=C2\C(=N)N3N=C(c4ccncc4)SC3=NC2=O)ccc1OCCOc1ccccc1. The van der Waals surface area contributed by atoms with Crippen LogP contribution in [0.4, 0.5) is 0 Å². The summed E-state index contributed by atoms with van der Waals surface area (Å²) in [5.41, 5.74) is 1.63. The van der Waals surface area contributed by atoms with Gasteiger partial charge in [0.1, 0.15) is 24.0 Å². The van der Waals surface area contributed by atoms with Gasteiger partial charge in [-0.1, -0.05) is 24.3 Å². The normalized spacial score (nSPS) is 15.9. The number of fused-ring (bicyclic) bond motifs is 1. The Labute approximate surface area is 211 Å². The highest BCUT2D eigenvalue weighted by atomic mass is 32.2. The third kappa shape index (κ3) is 4.98. The second kappa shape index (κ2) is 10.4. The maximum absolute atomic E-state index is 12.7. The zero-order valence-electron chi connectivity index (χ0n) is 19.2. The molecule has 0 atom stereocenters. The second-order valence-corrected chi connectivity index (χ2v) is 8.54. The topological polar surface area (TPSA) is 109 Å². The van der Waals surface area contributed by atoms with Crippen LogP contribution in [0.5, 0.6) is 17.2 Å². The van der Waals surface area contributed by atoms with Crippen LogP contribution in [0.3, 0.4) is 0 Å². The number of hydrogen-bond acceptors (Lipinski definition) is 8. The van der Waals surface area contributed by atoms with Crippen molar-refractivity contribution in [1.29, 1.82) is 5.41 Å². The average Bonchev–Trinajstić information content (AvgIpc) is 3.35. The summed E-state index contributed by atoms with van der Waals surface area (Å²) in [6.45, 7) is 0.706. The molecule has 2 aliphatic heterocycles. The van der Waals surface area contributed by atoms with E-state index in [1.807, 2.05) is 42.5 Å². The minimum Gasteiger partial charge on any atom is -0.493 e. The number of amidine groups is 2. The number of aliphatic imine (C=N–C) groups is 1. The molecular formula is C26H21N5O4S. The van der Waals surface area contributed by atoms with E-state index in [2.05, 4.69) is 15.1 Å². The Balaban J connectivity index is 1.29. The number of ether oxygens (including phenoxy) is 3. The molecule has 0 saturated heterocycles. The van der Waals surface area contributed by atoms with Gasteiger partial charge < -0.3 is 14.2 Å². The van der Waals surface area contributed by atoms with Crippen LogP contribution in [0.25, 0.3) is 6.08 Å². The Morgan fingerprint density at radius 1 is 1.00 bits per heavy atom. The molecule has 0 bridgehead atoms. The molecule has 36 heavy (non-hydrogen) atoms. The lowest BCUT2D eigenvalue weighted by molar-refractivity contribution is -0.114. The van der Waals surface area contributed by atoms with Crippen molar-refractivity contribution in [3.8, 4) is 17.2 Å². The van der Waals surface area contributed by atoms with Crippen LogP contribution < -0.4 is 14.2 Å². The number of pyridine rings is 1.